The van der Waals surface area contributed by atoms with E-state index >= 15 is 0 Å². The molecule has 1 aromatic heterocycles. The Bertz CT molecular complexity index is 591. The Labute approximate surface area is 95.8 Å². The minimum Gasteiger partial charge on any atom is -0.475 e. The van der Waals surface area contributed by atoms with E-state index in [9.17, 15) is 4.79 Å². The van der Waals surface area contributed by atoms with Crippen LogP contribution in [0, 0.1) is 0 Å². The Kier molecular flexibility index (Phi) is 2.01. The first-order valence-corrected chi connectivity index (χ1v) is 4.92. The molecular formula is C11H8N2O4. The van der Waals surface area contributed by atoms with E-state index in [1.807, 2.05) is 6.07 Å². The van der Waals surface area contributed by atoms with E-state index in [1.165, 1.54) is 6.20 Å². The summed E-state index contributed by atoms with van der Waals surface area (Å²) in [5, 5.41) is 8.76. The number of fused-ring (bicyclic) bond motifs is 1. The fourth-order valence-electron chi connectivity index (χ4n) is 1.64. The van der Waals surface area contributed by atoms with Crippen LogP contribution in [0.3, 0.4) is 0 Å². The molecule has 0 atom stereocenters. The van der Waals surface area contributed by atoms with Crippen molar-refractivity contribution in [1.82, 2.24) is 9.97 Å². The fourth-order valence-corrected chi connectivity index (χ4v) is 1.64. The summed E-state index contributed by atoms with van der Waals surface area (Å²) in [6.07, 6.45) is 1.47. The summed E-state index contributed by atoms with van der Waals surface area (Å²) < 4.78 is 10.4. The number of imidazole rings is 1. The van der Waals surface area contributed by atoms with Gasteiger partial charge in [0.1, 0.15) is 0 Å². The number of nitrogens with one attached hydrogen (secondary N) is 1. The van der Waals surface area contributed by atoms with Crippen LogP contribution < -0.4 is 9.47 Å². The lowest BCUT2D eigenvalue weighted by Crippen LogP contribution is -1.98. The Morgan fingerprint density at radius 3 is 2.94 bits per heavy atom. The second-order valence-corrected chi connectivity index (χ2v) is 3.52. The molecule has 0 saturated carbocycles. The van der Waals surface area contributed by atoms with E-state index in [-0.39, 0.29) is 12.6 Å². The molecule has 2 aromatic rings. The normalized spacial score (nSPS) is 12.7. The van der Waals surface area contributed by atoms with Gasteiger partial charge in [-0.3, -0.25) is 0 Å². The lowest BCUT2D eigenvalue weighted by molar-refractivity contribution is 0.0685. The first-order chi connectivity index (χ1) is 8.24. The molecule has 1 aliphatic rings. The number of nitrogens with zero attached hydrogens (tertiary/aromatic N) is 1. The molecule has 0 saturated heterocycles. The first-order valence-electron chi connectivity index (χ1n) is 4.92. The number of carbonyl (C=O) groups is 1. The third kappa shape index (κ3) is 1.59. The molecule has 0 spiro atoms. The van der Waals surface area contributed by atoms with Crippen LogP contribution in [0.5, 0.6) is 11.5 Å². The number of rotatable bonds is 2. The van der Waals surface area contributed by atoms with Crippen molar-refractivity contribution >= 4 is 5.97 Å². The molecule has 6 heteroatoms. The van der Waals surface area contributed by atoms with E-state index in [2.05, 4.69) is 9.97 Å². The maximum atomic E-state index is 10.7. The number of ether oxygens (including phenoxy) is 2. The number of hydrogen-bond donors (Lipinski definition) is 2. The first kappa shape index (κ1) is 9.71. The van der Waals surface area contributed by atoms with Crippen LogP contribution in [0.25, 0.3) is 11.3 Å². The molecule has 3 rings (SSSR count). The molecule has 0 radical (unpaired) electrons. The van der Waals surface area contributed by atoms with Crippen LogP contribution in [0.2, 0.25) is 0 Å². The van der Waals surface area contributed by atoms with Gasteiger partial charge in [0.25, 0.3) is 0 Å². The van der Waals surface area contributed by atoms with Gasteiger partial charge in [0.2, 0.25) is 12.6 Å². The lowest BCUT2D eigenvalue weighted by Gasteiger charge is -1.99. The second-order valence-electron chi connectivity index (χ2n) is 3.52. The van der Waals surface area contributed by atoms with Crippen molar-refractivity contribution in [2.75, 3.05) is 6.79 Å². The minimum atomic E-state index is -1.09. The van der Waals surface area contributed by atoms with Gasteiger partial charge < -0.3 is 19.6 Å². The molecule has 0 aliphatic carbocycles. The molecule has 0 unspecified atom stereocenters. The van der Waals surface area contributed by atoms with Gasteiger partial charge in [0.15, 0.2) is 11.5 Å². The predicted molar refractivity (Wildman–Crippen MR) is 57.1 cm³/mol. The number of aromatic amines is 1. The van der Waals surface area contributed by atoms with Gasteiger partial charge in [0, 0.05) is 5.56 Å². The van der Waals surface area contributed by atoms with E-state index in [1.54, 1.807) is 12.1 Å². The minimum absolute atomic E-state index is 0.0855. The number of benzene rings is 1. The zero-order valence-corrected chi connectivity index (χ0v) is 8.64. The van der Waals surface area contributed by atoms with E-state index < -0.39 is 5.97 Å². The van der Waals surface area contributed by atoms with Gasteiger partial charge in [-0.2, -0.15) is 0 Å². The lowest BCUT2D eigenvalue weighted by atomic mass is 10.1. The number of aromatic carboxylic acids is 1. The number of hydrogen-bond acceptors (Lipinski definition) is 4. The van der Waals surface area contributed by atoms with Crippen LogP contribution >= 0.6 is 0 Å². The SMILES string of the molecule is O=C(O)c1ncc(-c2ccc3c(c2)OCO3)[nH]1. The number of carboxylic acids is 1. The van der Waals surface area contributed by atoms with Crippen molar-refractivity contribution in [3.8, 4) is 22.8 Å². The van der Waals surface area contributed by atoms with Crippen LogP contribution in [0.1, 0.15) is 10.6 Å². The summed E-state index contributed by atoms with van der Waals surface area (Å²) in [7, 11) is 0. The molecule has 1 aromatic carbocycles. The fraction of sp³-hybridized carbons (Fsp3) is 0.0909. The Balaban J connectivity index is 2.00. The quantitative estimate of drug-likeness (QED) is 0.819. The van der Waals surface area contributed by atoms with E-state index in [0.717, 1.165) is 5.56 Å². The van der Waals surface area contributed by atoms with Crippen molar-refractivity contribution in [3.05, 3.63) is 30.2 Å². The van der Waals surface area contributed by atoms with Crippen molar-refractivity contribution in [3.63, 3.8) is 0 Å². The summed E-state index contributed by atoms with van der Waals surface area (Å²) in [4.78, 5) is 17.2. The maximum Gasteiger partial charge on any atom is 0.371 e. The maximum absolute atomic E-state index is 10.7. The number of H-pyrrole nitrogens is 1. The molecule has 0 bridgehead atoms. The molecule has 0 amide bonds. The second kappa shape index (κ2) is 3.51. The summed E-state index contributed by atoms with van der Waals surface area (Å²) in [6, 6.07) is 5.37. The highest BCUT2D eigenvalue weighted by atomic mass is 16.7. The molecule has 6 nitrogen and oxygen atoms in total. The van der Waals surface area contributed by atoms with Crippen LogP contribution in [0.4, 0.5) is 0 Å². The average molecular weight is 232 g/mol. The van der Waals surface area contributed by atoms with Gasteiger partial charge in [-0.15, -0.1) is 0 Å². The zero-order chi connectivity index (χ0) is 11.8. The van der Waals surface area contributed by atoms with Crippen LogP contribution in [0.15, 0.2) is 24.4 Å². The topological polar surface area (TPSA) is 84.4 Å². The molecule has 2 N–H and O–H groups in total. The van der Waals surface area contributed by atoms with Gasteiger partial charge in [-0.05, 0) is 18.2 Å². The largest absolute Gasteiger partial charge is 0.475 e. The summed E-state index contributed by atoms with van der Waals surface area (Å²) >= 11 is 0. The summed E-state index contributed by atoms with van der Waals surface area (Å²) in [5.74, 6) is 0.162. The highest BCUT2D eigenvalue weighted by Gasteiger charge is 2.15. The summed E-state index contributed by atoms with van der Waals surface area (Å²) in [6.45, 7) is 0.210. The third-order valence-corrected chi connectivity index (χ3v) is 2.46. The molecular weight excluding hydrogens is 224 g/mol. The van der Waals surface area contributed by atoms with Gasteiger partial charge in [-0.1, -0.05) is 0 Å². The van der Waals surface area contributed by atoms with Gasteiger partial charge in [-0.25, -0.2) is 9.78 Å². The molecule has 1 aliphatic heterocycles. The smallest absolute Gasteiger partial charge is 0.371 e. The Morgan fingerprint density at radius 2 is 2.18 bits per heavy atom. The van der Waals surface area contributed by atoms with Crippen LogP contribution in [-0.2, 0) is 0 Å². The number of aromatic nitrogens is 2. The summed E-state index contributed by atoms with van der Waals surface area (Å²) in [5.41, 5.74) is 1.43. The van der Waals surface area contributed by atoms with Gasteiger partial charge in [0.05, 0.1) is 11.9 Å². The average Bonchev–Trinajstić information content (AvgIpc) is 2.97. The van der Waals surface area contributed by atoms with E-state index in [4.69, 9.17) is 14.6 Å². The predicted octanol–water partition coefficient (Wildman–Crippen LogP) is 1.50. The van der Waals surface area contributed by atoms with Crippen molar-refractivity contribution < 1.29 is 19.4 Å². The number of carboxylic acid groups (broad SMARTS) is 1. The van der Waals surface area contributed by atoms with E-state index in [0.29, 0.717) is 17.2 Å². The zero-order valence-electron chi connectivity index (χ0n) is 8.64. The Morgan fingerprint density at radius 1 is 1.35 bits per heavy atom. The standard InChI is InChI=1S/C11H8N2O4/c14-11(15)10-12-4-7(13-10)6-1-2-8-9(3-6)17-5-16-8/h1-4H,5H2,(H,12,13)(H,14,15). The van der Waals surface area contributed by atoms with Crippen LogP contribution in [-0.4, -0.2) is 27.8 Å². The third-order valence-electron chi connectivity index (χ3n) is 2.46. The van der Waals surface area contributed by atoms with Gasteiger partial charge >= 0.3 is 5.97 Å². The highest BCUT2D eigenvalue weighted by molar-refractivity contribution is 5.84. The van der Waals surface area contributed by atoms with Crippen molar-refractivity contribution in [2.45, 2.75) is 0 Å². The van der Waals surface area contributed by atoms with Crippen molar-refractivity contribution in [2.24, 2.45) is 0 Å². The molecule has 17 heavy (non-hydrogen) atoms. The monoisotopic (exact) mass is 232 g/mol. The molecule has 86 valence electrons. The molecule has 2 heterocycles. The highest BCUT2D eigenvalue weighted by Crippen LogP contribution is 2.35. The Hall–Kier alpha value is -2.50. The molecule has 0 fully saturated rings. The van der Waals surface area contributed by atoms with Crippen molar-refractivity contribution in [1.29, 1.82) is 0 Å².